The molecule has 0 aliphatic heterocycles. The summed E-state index contributed by atoms with van der Waals surface area (Å²) in [4.78, 5) is 25.1. The van der Waals surface area contributed by atoms with Crippen LogP contribution in [0.3, 0.4) is 0 Å². The quantitative estimate of drug-likeness (QED) is 0.115. The maximum absolute atomic E-state index is 12.8. The van der Waals surface area contributed by atoms with E-state index in [1.165, 1.54) is 97.1 Å². The van der Waals surface area contributed by atoms with Crippen molar-refractivity contribution < 1.29 is 45.4 Å². The predicted molar refractivity (Wildman–Crippen MR) is 128 cm³/mol. The average Bonchev–Trinajstić information content (AvgIpc) is 2.91. The summed E-state index contributed by atoms with van der Waals surface area (Å²) in [5.41, 5.74) is 1.47. The number of carbonyl (C=O) groups excluding carboxylic acids is 2. The van der Waals surface area contributed by atoms with Crippen molar-refractivity contribution in [2.75, 3.05) is 0 Å². The van der Waals surface area contributed by atoms with Crippen LogP contribution in [0.1, 0.15) is 31.8 Å². The first-order valence-electron chi connectivity index (χ1n) is 10.6. The summed E-state index contributed by atoms with van der Waals surface area (Å²) in [6, 6.07) is 12.7. The maximum Gasteiger partial charge on any atom is 0.344 e. The minimum Gasteiger partial charge on any atom is -0.428 e. The van der Waals surface area contributed by atoms with Crippen LogP contribution in [-0.2, 0) is 0 Å². The molecule has 38 heavy (non-hydrogen) atoms. The first-order valence-corrected chi connectivity index (χ1v) is 10.6. The molecular weight excluding hydrogens is 514 g/mol. The van der Waals surface area contributed by atoms with Gasteiger partial charge in [0, 0.05) is 11.1 Å². The molecule has 0 fully saturated rings. The number of carbonyl (C=O) groups is 2. The van der Waals surface area contributed by atoms with Crippen molar-refractivity contribution in [3.05, 3.63) is 131 Å². The Morgan fingerprint density at radius 2 is 0.921 bits per heavy atom. The lowest BCUT2D eigenvalue weighted by Gasteiger charge is -2.03. The summed E-state index contributed by atoms with van der Waals surface area (Å²) in [7, 11) is 0. The zero-order valence-electron chi connectivity index (χ0n) is 19.1. The molecule has 0 aliphatic rings. The highest BCUT2D eigenvalue weighted by molar-refractivity contribution is 6.11. The predicted octanol–water partition coefficient (Wildman–Crippen LogP) is 8.31. The lowest BCUT2D eigenvalue weighted by atomic mass is 10.0. The van der Waals surface area contributed by atoms with E-state index in [2.05, 4.69) is 9.47 Å². The summed E-state index contributed by atoms with van der Waals surface area (Å²) in [6.45, 7) is 0. The first kappa shape index (κ1) is 27.7. The lowest BCUT2D eigenvalue weighted by Crippen LogP contribution is -1.99. The number of rotatable bonds is 10. The molecule has 10 heteroatoms. The molecule has 0 radical (unpaired) electrons. The van der Waals surface area contributed by atoms with Gasteiger partial charge < -0.3 is 9.47 Å². The van der Waals surface area contributed by atoms with Gasteiger partial charge in [0.2, 0.25) is 0 Å². The van der Waals surface area contributed by atoms with Crippen LogP contribution in [0.4, 0.5) is 26.3 Å². The van der Waals surface area contributed by atoms with E-state index in [1.54, 1.807) is 0 Å². The molecule has 0 heterocycles. The second-order valence-corrected chi connectivity index (χ2v) is 7.39. The van der Waals surface area contributed by atoms with Crippen LogP contribution >= 0.6 is 0 Å². The molecule has 0 aromatic heterocycles. The summed E-state index contributed by atoms with van der Waals surface area (Å²) < 4.78 is 82.7. The van der Waals surface area contributed by atoms with Gasteiger partial charge in [-0.1, -0.05) is 54.6 Å². The molecule has 0 saturated carbocycles. The molecule has 0 saturated heterocycles. The van der Waals surface area contributed by atoms with Crippen molar-refractivity contribution in [1.29, 1.82) is 0 Å². The Kier molecular flexibility index (Phi) is 9.42. The zero-order valence-corrected chi connectivity index (χ0v) is 19.1. The van der Waals surface area contributed by atoms with Crippen molar-refractivity contribution in [3.8, 4) is 11.5 Å². The van der Waals surface area contributed by atoms with Gasteiger partial charge in [-0.3, -0.25) is 9.59 Å². The molecule has 0 unspecified atom stereocenters. The van der Waals surface area contributed by atoms with Crippen LogP contribution in [0.25, 0.3) is 12.2 Å². The van der Waals surface area contributed by atoms with Crippen molar-refractivity contribution in [1.82, 2.24) is 0 Å². The van der Waals surface area contributed by atoms with E-state index in [0.717, 1.165) is 0 Å². The Bertz CT molecular complexity index is 1320. The summed E-state index contributed by atoms with van der Waals surface area (Å²) >= 11 is 0. The van der Waals surface area contributed by atoms with E-state index < -0.39 is 35.8 Å². The Hall–Kier alpha value is -4.86. The van der Waals surface area contributed by atoms with Gasteiger partial charge >= 0.3 is 24.2 Å². The van der Waals surface area contributed by atoms with Crippen molar-refractivity contribution in [2.45, 2.75) is 0 Å². The van der Waals surface area contributed by atoms with Gasteiger partial charge in [-0.25, -0.2) is 0 Å². The number of ether oxygens (including phenoxy) is 2. The van der Waals surface area contributed by atoms with Crippen molar-refractivity contribution >= 4 is 23.7 Å². The minimum atomic E-state index is -2.58. The van der Waals surface area contributed by atoms with Gasteiger partial charge in [0.1, 0.15) is 11.5 Å². The lowest BCUT2D eigenvalue weighted by molar-refractivity contribution is 0.104. The molecule has 0 bridgehead atoms. The Balaban J connectivity index is 1.63. The van der Waals surface area contributed by atoms with Crippen molar-refractivity contribution in [2.24, 2.45) is 0 Å². The van der Waals surface area contributed by atoms with Gasteiger partial charge in [-0.2, -0.15) is 26.3 Å². The monoisotopic (exact) mass is 530 g/mol. The molecule has 4 nitrogen and oxygen atoms in total. The Labute approximate surface area is 212 Å². The van der Waals surface area contributed by atoms with Crippen LogP contribution in [0.2, 0.25) is 0 Å². The molecule has 0 N–H and O–H groups in total. The summed E-state index contributed by atoms with van der Waals surface area (Å²) in [6.07, 6.45) is 0.209. The Morgan fingerprint density at radius 1 is 0.553 bits per heavy atom. The standard InChI is InChI=1S/C28H16F6O4/c29-25(30)27(33)37-21-10-4-17(5-11-21)8-14-23(35)19-2-1-3-20(16-19)24(36)15-9-18-6-12-22(13-7-18)38-28(34)26(31)32/h1-16H. The smallest absolute Gasteiger partial charge is 0.344 e. The van der Waals surface area contributed by atoms with Gasteiger partial charge in [-0.15, -0.1) is 0 Å². The number of halogens is 6. The molecule has 3 aromatic carbocycles. The number of hydrogen-bond donors (Lipinski definition) is 0. The van der Waals surface area contributed by atoms with E-state index in [4.69, 9.17) is 0 Å². The summed E-state index contributed by atoms with van der Waals surface area (Å²) in [5.74, 6) is -1.14. The van der Waals surface area contributed by atoms with Gasteiger partial charge in [0.25, 0.3) is 0 Å². The fourth-order valence-electron chi connectivity index (χ4n) is 2.94. The van der Waals surface area contributed by atoms with E-state index in [0.29, 0.717) is 11.1 Å². The van der Waals surface area contributed by atoms with Crippen molar-refractivity contribution in [3.63, 3.8) is 0 Å². The second kappa shape index (κ2) is 12.9. The van der Waals surface area contributed by atoms with Crippen LogP contribution in [0, 0.1) is 0 Å². The van der Waals surface area contributed by atoms with Crippen LogP contribution in [0.15, 0.2) is 109 Å². The van der Waals surface area contributed by atoms with Crippen LogP contribution in [0.5, 0.6) is 11.5 Å². The molecule has 0 aliphatic carbocycles. The third-order valence-corrected chi connectivity index (χ3v) is 4.76. The normalized spacial score (nSPS) is 10.9. The highest BCUT2D eigenvalue weighted by Gasteiger charge is 2.10. The van der Waals surface area contributed by atoms with E-state index >= 15 is 0 Å². The largest absolute Gasteiger partial charge is 0.428 e. The molecule has 3 aromatic rings. The second-order valence-electron chi connectivity index (χ2n) is 7.39. The Morgan fingerprint density at radius 3 is 1.26 bits per heavy atom. The summed E-state index contributed by atoms with van der Waals surface area (Å²) in [5, 5.41) is 0. The fraction of sp³-hybridized carbons (Fsp3) is 0. The molecule has 194 valence electrons. The minimum absolute atomic E-state index is 0.152. The van der Waals surface area contributed by atoms with Gasteiger partial charge in [0.05, 0.1) is 0 Å². The third kappa shape index (κ3) is 8.09. The number of hydrogen-bond acceptors (Lipinski definition) is 4. The topological polar surface area (TPSA) is 52.6 Å². The third-order valence-electron chi connectivity index (χ3n) is 4.76. The maximum atomic E-state index is 12.8. The van der Waals surface area contributed by atoms with Crippen LogP contribution in [-0.4, -0.2) is 11.6 Å². The molecule has 0 atom stereocenters. The van der Waals surface area contributed by atoms with Crippen LogP contribution < -0.4 is 9.47 Å². The van der Waals surface area contributed by atoms with Gasteiger partial charge in [-0.05, 0) is 53.6 Å². The highest BCUT2D eigenvalue weighted by Crippen LogP contribution is 2.21. The number of ketones is 2. The number of allylic oxidation sites excluding steroid dienone is 2. The first-order chi connectivity index (χ1) is 18.1. The number of benzene rings is 3. The fourth-order valence-corrected chi connectivity index (χ4v) is 2.94. The van der Waals surface area contributed by atoms with E-state index in [9.17, 15) is 35.9 Å². The average molecular weight is 530 g/mol. The molecular formula is C28H16F6O4. The van der Waals surface area contributed by atoms with Gasteiger partial charge in [0.15, 0.2) is 11.6 Å². The van der Waals surface area contributed by atoms with E-state index in [-0.39, 0.29) is 22.6 Å². The highest BCUT2D eigenvalue weighted by atomic mass is 19.3. The zero-order chi connectivity index (χ0) is 27.7. The van der Waals surface area contributed by atoms with E-state index in [1.807, 2.05) is 0 Å². The molecule has 0 spiro atoms. The molecule has 3 rings (SSSR count). The SMILES string of the molecule is O=C(C=Cc1ccc(OC(F)=C(F)F)cc1)c1cccc(C(=O)C=Cc2ccc(OC(F)=C(F)F)cc2)c1. The molecule has 0 amide bonds.